The molecule has 26 heavy (non-hydrogen) atoms. The topological polar surface area (TPSA) is 72.7 Å². The Labute approximate surface area is 160 Å². The lowest BCUT2D eigenvalue weighted by Crippen LogP contribution is -2.12. The predicted molar refractivity (Wildman–Crippen MR) is 101 cm³/mol. The van der Waals surface area contributed by atoms with Crippen molar-refractivity contribution in [1.82, 2.24) is 19.5 Å². The van der Waals surface area contributed by atoms with E-state index in [1.165, 1.54) is 6.20 Å². The van der Waals surface area contributed by atoms with Crippen LogP contribution in [-0.4, -0.2) is 25.4 Å². The summed E-state index contributed by atoms with van der Waals surface area (Å²) in [5.41, 5.74) is 0.154. The van der Waals surface area contributed by atoms with Gasteiger partial charge in [0.05, 0.1) is 29.4 Å². The SMILES string of the molecule is [2H]c1c([2H])c(C([2H])([2H])[2H])c([2H])c([2H])c1C(=O)Nc1cc2cc(-c3cncn3C)ncc2cn1. The van der Waals surface area contributed by atoms with Crippen LogP contribution in [0.25, 0.3) is 22.2 Å². The van der Waals surface area contributed by atoms with Crippen molar-refractivity contribution in [3.63, 3.8) is 0 Å². The molecule has 0 bridgehead atoms. The number of anilines is 1. The monoisotopic (exact) mass is 350 g/mol. The number of fused-ring (bicyclic) bond motifs is 1. The third kappa shape index (κ3) is 3.04. The molecule has 6 heteroatoms. The van der Waals surface area contributed by atoms with Crippen LogP contribution in [0.15, 0.2) is 61.2 Å². The number of benzene rings is 1. The molecule has 4 aromatic rings. The second-order valence-electron chi connectivity index (χ2n) is 5.58. The number of aromatic nitrogens is 4. The molecule has 0 aliphatic rings. The summed E-state index contributed by atoms with van der Waals surface area (Å²) in [6.45, 7) is -2.85. The lowest BCUT2D eigenvalue weighted by atomic mass is 10.1. The number of aryl methyl sites for hydroxylation is 1. The van der Waals surface area contributed by atoms with Gasteiger partial charge < -0.3 is 9.88 Å². The van der Waals surface area contributed by atoms with Crippen LogP contribution in [0, 0.1) is 6.85 Å². The smallest absolute Gasteiger partial charge is 0.256 e. The molecule has 0 aliphatic carbocycles. The Kier molecular flexibility index (Phi) is 2.42. The van der Waals surface area contributed by atoms with Gasteiger partial charge in [0, 0.05) is 34.5 Å². The van der Waals surface area contributed by atoms with E-state index in [4.69, 9.17) is 9.60 Å². The van der Waals surface area contributed by atoms with E-state index in [0.717, 1.165) is 5.69 Å². The van der Waals surface area contributed by atoms with Gasteiger partial charge in [0.1, 0.15) is 5.82 Å². The molecule has 1 amide bonds. The number of carbonyl (C=O) groups is 1. The molecule has 4 rings (SSSR count). The fraction of sp³-hybridized carbons (Fsp3) is 0.100. The van der Waals surface area contributed by atoms with Crippen LogP contribution < -0.4 is 5.32 Å². The van der Waals surface area contributed by atoms with Gasteiger partial charge in [-0.05, 0) is 36.5 Å². The van der Waals surface area contributed by atoms with E-state index in [-0.39, 0.29) is 5.82 Å². The fourth-order valence-electron chi connectivity index (χ4n) is 2.46. The molecule has 0 radical (unpaired) electrons. The molecule has 128 valence electrons. The van der Waals surface area contributed by atoms with E-state index >= 15 is 0 Å². The molecule has 6 nitrogen and oxygen atoms in total. The van der Waals surface area contributed by atoms with Gasteiger partial charge >= 0.3 is 0 Å². The van der Waals surface area contributed by atoms with Crippen molar-refractivity contribution in [2.24, 2.45) is 7.05 Å². The second kappa shape index (κ2) is 6.40. The van der Waals surface area contributed by atoms with Crippen LogP contribution >= 0.6 is 0 Å². The highest BCUT2D eigenvalue weighted by atomic mass is 16.1. The van der Waals surface area contributed by atoms with Crippen LogP contribution in [-0.2, 0) is 7.05 Å². The third-order valence-electron chi connectivity index (χ3n) is 3.78. The zero-order valence-corrected chi connectivity index (χ0v) is 13.7. The Morgan fingerprint density at radius 1 is 1.12 bits per heavy atom. The van der Waals surface area contributed by atoms with E-state index in [1.54, 1.807) is 30.9 Å². The van der Waals surface area contributed by atoms with E-state index in [9.17, 15) is 4.79 Å². The summed E-state index contributed by atoms with van der Waals surface area (Å²) in [6, 6.07) is 0.359. The number of hydrogen-bond acceptors (Lipinski definition) is 4. The number of amides is 1. The lowest BCUT2D eigenvalue weighted by Gasteiger charge is -2.07. The van der Waals surface area contributed by atoms with Crippen LogP contribution in [0.3, 0.4) is 0 Å². The van der Waals surface area contributed by atoms with Crippen LogP contribution in [0.1, 0.15) is 25.5 Å². The number of rotatable bonds is 3. The van der Waals surface area contributed by atoms with E-state index < -0.39 is 48.1 Å². The molecule has 3 aromatic heterocycles. The summed E-state index contributed by atoms with van der Waals surface area (Å²) in [4.78, 5) is 25.4. The number of pyridine rings is 2. The number of hydrogen-bond donors (Lipinski definition) is 1. The Morgan fingerprint density at radius 3 is 2.65 bits per heavy atom. The molecule has 0 fully saturated rings. The highest BCUT2D eigenvalue weighted by molar-refractivity contribution is 6.04. The Bertz CT molecular complexity index is 1390. The van der Waals surface area contributed by atoms with E-state index in [2.05, 4.69) is 20.3 Å². The van der Waals surface area contributed by atoms with Crippen molar-refractivity contribution < 1.29 is 14.4 Å². The first-order valence-electron chi connectivity index (χ1n) is 11.1. The largest absolute Gasteiger partial charge is 0.332 e. The Morgan fingerprint density at radius 2 is 1.92 bits per heavy atom. The molecule has 0 unspecified atom stereocenters. The number of carbonyl (C=O) groups excluding carboxylic acids is 1. The van der Waals surface area contributed by atoms with Crippen molar-refractivity contribution in [3.05, 3.63) is 72.3 Å². The van der Waals surface area contributed by atoms with Crippen molar-refractivity contribution in [2.45, 2.75) is 6.85 Å². The van der Waals surface area contributed by atoms with Gasteiger partial charge in [0.25, 0.3) is 5.91 Å². The summed E-state index contributed by atoms with van der Waals surface area (Å²) < 4.78 is 56.3. The maximum absolute atomic E-state index is 12.8. The Balaban J connectivity index is 1.72. The zero-order valence-electron chi connectivity index (χ0n) is 20.7. The van der Waals surface area contributed by atoms with Gasteiger partial charge in [-0.15, -0.1) is 0 Å². The van der Waals surface area contributed by atoms with Crippen molar-refractivity contribution >= 4 is 22.5 Å². The molecular formula is C20H17N5O. The summed E-state index contributed by atoms with van der Waals surface area (Å²) in [5, 5.41) is 3.90. The Hall–Kier alpha value is -3.54. The van der Waals surface area contributed by atoms with Gasteiger partial charge in [0.15, 0.2) is 0 Å². The maximum Gasteiger partial charge on any atom is 0.256 e. The van der Waals surface area contributed by atoms with E-state index in [0.29, 0.717) is 16.5 Å². The van der Waals surface area contributed by atoms with Crippen LogP contribution in [0.5, 0.6) is 0 Å². The first kappa shape index (κ1) is 9.82. The first-order valence-corrected chi connectivity index (χ1v) is 7.63. The average molecular weight is 350 g/mol. The van der Waals surface area contributed by atoms with Gasteiger partial charge in [-0.1, -0.05) is 17.6 Å². The number of nitrogens with one attached hydrogen (secondary N) is 1. The molecular weight excluding hydrogens is 326 g/mol. The van der Waals surface area contributed by atoms with Crippen molar-refractivity contribution in [2.75, 3.05) is 5.32 Å². The van der Waals surface area contributed by atoms with E-state index in [1.807, 2.05) is 11.6 Å². The summed E-state index contributed by atoms with van der Waals surface area (Å²) in [7, 11) is 1.84. The van der Waals surface area contributed by atoms with Gasteiger partial charge in [-0.2, -0.15) is 0 Å². The number of nitrogens with zero attached hydrogens (tertiary/aromatic N) is 4. The highest BCUT2D eigenvalue weighted by Gasteiger charge is 2.09. The summed E-state index contributed by atoms with van der Waals surface area (Å²) in [6.07, 6.45) is 6.45. The predicted octanol–water partition coefficient (Wildman–Crippen LogP) is 3.59. The second-order valence-corrected chi connectivity index (χ2v) is 5.58. The highest BCUT2D eigenvalue weighted by Crippen LogP contribution is 2.23. The maximum atomic E-state index is 12.8. The zero-order chi connectivity index (χ0) is 24.1. The van der Waals surface area contributed by atoms with Crippen LogP contribution in [0.4, 0.5) is 5.82 Å². The molecule has 0 atom stereocenters. The molecule has 1 aromatic carbocycles. The molecule has 3 heterocycles. The van der Waals surface area contributed by atoms with Gasteiger partial charge in [0.2, 0.25) is 0 Å². The summed E-state index contributed by atoms with van der Waals surface area (Å²) >= 11 is 0. The minimum absolute atomic E-state index is 0.117. The van der Waals surface area contributed by atoms with Crippen LogP contribution in [0.2, 0.25) is 0 Å². The number of imidazole rings is 1. The normalized spacial score (nSPS) is 15.2. The molecule has 0 aliphatic heterocycles. The van der Waals surface area contributed by atoms with Crippen molar-refractivity contribution in [3.8, 4) is 11.4 Å². The summed E-state index contributed by atoms with van der Waals surface area (Å²) in [5.74, 6) is -0.816. The molecule has 0 saturated heterocycles. The molecule has 0 saturated carbocycles. The quantitative estimate of drug-likeness (QED) is 0.613. The van der Waals surface area contributed by atoms with Gasteiger partial charge in [-0.3, -0.25) is 9.78 Å². The minimum atomic E-state index is -2.85. The van der Waals surface area contributed by atoms with Gasteiger partial charge in [-0.25, -0.2) is 9.97 Å². The molecule has 0 spiro atoms. The average Bonchev–Trinajstić information content (AvgIpc) is 3.17. The third-order valence-corrected chi connectivity index (χ3v) is 3.78. The fourth-order valence-corrected chi connectivity index (χ4v) is 2.46. The lowest BCUT2D eigenvalue weighted by molar-refractivity contribution is 0.102. The molecule has 1 N–H and O–H groups in total. The standard InChI is InChI=1S/C20H17N5O/c1-13-3-5-14(6-4-13)20(26)24-19-8-15-7-17(18-11-21-12-25(18)2)22-9-16(15)10-23-19/h3-12H,1-2H3,(H,23,24,26)/i1D3,3D,4D,5D,6D. The van der Waals surface area contributed by atoms with Crippen molar-refractivity contribution in [1.29, 1.82) is 0 Å². The first-order chi connectivity index (χ1) is 15.5. The minimum Gasteiger partial charge on any atom is -0.332 e.